The van der Waals surface area contributed by atoms with Crippen LogP contribution in [0.3, 0.4) is 0 Å². The summed E-state index contributed by atoms with van der Waals surface area (Å²) in [5.74, 6) is 1.81. The highest BCUT2D eigenvalue weighted by molar-refractivity contribution is 5.90. The number of hydrogen-bond acceptors (Lipinski definition) is 3. The molecule has 3 fully saturated rings. The van der Waals surface area contributed by atoms with Crippen molar-refractivity contribution in [1.82, 2.24) is 0 Å². The van der Waals surface area contributed by atoms with Gasteiger partial charge in [0.1, 0.15) is 6.10 Å². The van der Waals surface area contributed by atoms with Gasteiger partial charge in [0.25, 0.3) is 0 Å². The number of cyclic esters (lactones) is 1. The summed E-state index contributed by atoms with van der Waals surface area (Å²) in [4.78, 5) is 11.6. The number of fused-ring (bicyclic) bond motifs is 3. The number of carbonyl (C=O) groups is 1. The first-order valence-corrected chi connectivity index (χ1v) is 9.03. The lowest BCUT2D eigenvalue weighted by Crippen LogP contribution is -2.35. The van der Waals surface area contributed by atoms with E-state index in [1.165, 1.54) is 12.0 Å². The summed E-state index contributed by atoms with van der Waals surface area (Å²) in [5, 5.41) is 11.0. The molecule has 0 amide bonds. The number of hydrogen-bond donors (Lipinski definition) is 1. The van der Waals surface area contributed by atoms with Crippen LogP contribution in [0, 0.1) is 29.1 Å². The van der Waals surface area contributed by atoms with E-state index >= 15 is 0 Å². The molecule has 1 N–H and O–H groups in total. The smallest absolute Gasteiger partial charge is 0.334 e. The average Bonchev–Trinajstić information content (AvgIpc) is 2.75. The van der Waals surface area contributed by atoms with Gasteiger partial charge in [-0.25, -0.2) is 4.79 Å². The molecule has 0 aromatic heterocycles. The average molecular weight is 316 g/mol. The normalized spacial score (nSPS) is 51.7. The molecule has 0 saturated heterocycles. The molecule has 3 nitrogen and oxygen atoms in total. The van der Waals surface area contributed by atoms with E-state index in [0.717, 1.165) is 31.3 Å². The maximum absolute atomic E-state index is 11.6. The Bertz CT molecular complexity index is 602. The third kappa shape index (κ3) is 2.15. The van der Waals surface area contributed by atoms with Crippen molar-refractivity contribution in [2.45, 2.75) is 64.6 Å². The third-order valence-corrected chi connectivity index (χ3v) is 7.39. The summed E-state index contributed by atoms with van der Waals surface area (Å²) < 4.78 is 5.50. The second-order valence-corrected chi connectivity index (χ2v) is 8.86. The van der Waals surface area contributed by atoms with Gasteiger partial charge < -0.3 is 9.84 Å². The van der Waals surface area contributed by atoms with Crippen molar-refractivity contribution in [1.29, 1.82) is 0 Å². The van der Waals surface area contributed by atoms with Crippen LogP contribution in [-0.4, -0.2) is 22.8 Å². The van der Waals surface area contributed by atoms with Crippen LogP contribution in [0.4, 0.5) is 0 Å². The molecule has 0 radical (unpaired) electrons. The highest BCUT2D eigenvalue weighted by Gasteiger charge is 2.69. The highest BCUT2D eigenvalue weighted by Crippen LogP contribution is 2.73. The van der Waals surface area contributed by atoms with Crippen LogP contribution >= 0.6 is 0 Å². The minimum Gasteiger partial charge on any atom is -0.455 e. The van der Waals surface area contributed by atoms with Gasteiger partial charge in [-0.3, -0.25) is 0 Å². The number of rotatable bonds is 2. The van der Waals surface area contributed by atoms with Crippen LogP contribution in [0.2, 0.25) is 0 Å². The van der Waals surface area contributed by atoms with Gasteiger partial charge in [0.05, 0.1) is 5.60 Å². The quantitative estimate of drug-likeness (QED) is 0.625. The standard InChI is InChI=1S/C20H28O3/c1-11-5-6-15-17(16-14(11)7-8-20(16,4)22)19(15,3)10-13-9-12(2)18(21)23-13/h9,13-17,22H,1,5-8,10H2,2-4H3/t13-,14+,15-,16-,17-,19+,20+/m1/s1. The maximum atomic E-state index is 11.6. The molecular formula is C20H28O3. The zero-order valence-corrected chi connectivity index (χ0v) is 14.5. The van der Waals surface area contributed by atoms with Crippen molar-refractivity contribution in [2.75, 3.05) is 0 Å². The van der Waals surface area contributed by atoms with Gasteiger partial charge in [-0.2, -0.15) is 0 Å². The summed E-state index contributed by atoms with van der Waals surface area (Å²) in [7, 11) is 0. The fourth-order valence-corrected chi connectivity index (χ4v) is 6.15. The molecule has 3 saturated carbocycles. The number of aliphatic hydroxyl groups is 1. The first-order valence-electron chi connectivity index (χ1n) is 9.03. The van der Waals surface area contributed by atoms with Crippen molar-refractivity contribution in [2.24, 2.45) is 29.1 Å². The Labute approximate surface area is 138 Å². The Morgan fingerprint density at radius 3 is 2.74 bits per heavy atom. The molecule has 3 aliphatic carbocycles. The van der Waals surface area contributed by atoms with Crippen LogP contribution in [0.1, 0.15) is 52.9 Å². The lowest BCUT2D eigenvalue weighted by Gasteiger charge is -2.32. The van der Waals surface area contributed by atoms with Gasteiger partial charge in [-0.15, -0.1) is 0 Å². The Hall–Kier alpha value is -1.09. The summed E-state index contributed by atoms with van der Waals surface area (Å²) in [6.07, 6.45) is 7.03. The van der Waals surface area contributed by atoms with Crippen LogP contribution in [-0.2, 0) is 9.53 Å². The van der Waals surface area contributed by atoms with E-state index in [4.69, 9.17) is 4.74 Å². The second-order valence-electron chi connectivity index (χ2n) is 8.86. The van der Waals surface area contributed by atoms with Crippen molar-refractivity contribution >= 4 is 5.97 Å². The Balaban J connectivity index is 1.59. The number of ether oxygens (including phenoxy) is 1. The molecule has 0 bridgehead atoms. The molecule has 3 heteroatoms. The van der Waals surface area contributed by atoms with Gasteiger partial charge in [0, 0.05) is 5.57 Å². The number of allylic oxidation sites excluding steroid dienone is 1. The topological polar surface area (TPSA) is 46.5 Å². The second kappa shape index (κ2) is 4.72. The molecule has 4 aliphatic rings. The first-order chi connectivity index (χ1) is 10.7. The number of esters is 1. The van der Waals surface area contributed by atoms with Gasteiger partial charge in [0.2, 0.25) is 0 Å². The molecule has 0 aromatic carbocycles. The summed E-state index contributed by atoms with van der Waals surface area (Å²) in [5.41, 5.74) is 1.70. The molecule has 23 heavy (non-hydrogen) atoms. The molecule has 1 heterocycles. The zero-order chi connectivity index (χ0) is 16.6. The zero-order valence-electron chi connectivity index (χ0n) is 14.5. The Kier molecular flexibility index (Phi) is 3.17. The summed E-state index contributed by atoms with van der Waals surface area (Å²) >= 11 is 0. The molecule has 4 rings (SSSR count). The Morgan fingerprint density at radius 1 is 1.35 bits per heavy atom. The van der Waals surface area contributed by atoms with E-state index in [9.17, 15) is 9.90 Å². The van der Waals surface area contributed by atoms with Gasteiger partial charge in [-0.1, -0.05) is 19.1 Å². The van der Waals surface area contributed by atoms with E-state index < -0.39 is 5.60 Å². The number of carbonyl (C=O) groups excluding carboxylic acids is 1. The van der Waals surface area contributed by atoms with E-state index in [1.54, 1.807) is 0 Å². The van der Waals surface area contributed by atoms with E-state index in [-0.39, 0.29) is 17.5 Å². The molecule has 0 spiro atoms. The van der Waals surface area contributed by atoms with Gasteiger partial charge in [-0.05, 0) is 81.1 Å². The molecular weight excluding hydrogens is 288 g/mol. The van der Waals surface area contributed by atoms with E-state index in [1.807, 2.05) is 19.9 Å². The van der Waals surface area contributed by atoms with Crippen molar-refractivity contribution < 1.29 is 14.6 Å². The lowest BCUT2D eigenvalue weighted by molar-refractivity contribution is -0.140. The molecule has 7 atom stereocenters. The molecule has 126 valence electrons. The van der Waals surface area contributed by atoms with Crippen LogP contribution in [0.15, 0.2) is 23.8 Å². The van der Waals surface area contributed by atoms with Crippen LogP contribution in [0.25, 0.3) is 0 Å². The van der Waals surface area contributed by atoms with Gasteiger partial charge >= 0.3 is 5.97 Å². The predicted octanol–water partition coefficient (Wildman–Crippen LogP) is 3.63. The monoisotopic (exact) mass is 316 g/mol. The van der Waals surface area contributed by atoms with Crippen molar-refractivity contribution in [3.8, 4) is 0 Å². The largest absolute Gasteiger partial charge is 0.455 e. The minimum atomic E-state index is -0.573. The van der Waals surface area contributed by atoms with Gasteiger partial charge in [0.15, 0.2) is 0 Å². The van der Waals surface area contributed by atoms with Crippen molar-refractivity contribution in [3.63, 3.8) is 0 Å². The molecule has 1 aliphatic heterocycles. The first kappa shape index (κ1) is 15.4. The van der Waals surface area contributed by atoms with Crippen LogP contribution < -0.4 is 0 Å². The maximum Gasteiger partial charge on any atom is 0.334 e. The fraction of sp³-hybridized carbons (Fsp3) is 0.750. The molecule has 0 aromatic rings. The minimum absolute atomic E-state index is 0.0765. The Morgan fingerprint density at radius 2 is 2.09 bits per heavy atom. The predicted molar refractivity (Wildman–Crippen MR) is 88.6 cm³/mol. The SMILES string of the molecule is C=C1CC[C@@H]2[C@H]([C@H]3[C@H]1CC[C@]3(C)O)[C@@]2(C)C[C@H]1C=C(C)C(=O)O1. The summed E-state index contributed by atoms with van der Waals surface area (Å²) in [6.45, 7) is 10.5. The third-order valence-electron chi connectivity index (χ3n) is 7.39. The van der Waals surface area contributed by atoms with Crippen molar-refractivity contribution in [3.05, 3.63) is 23.8 Å². The van der Waals surface area contributed by atoms with E-state index in [2.05, 4.69) is 13.5 Å². The van der Waals surface area contributed by atoms with Crippen LogP contribution in [0.5, 0.6) is 0 Å². The van der Waals surface area contributed by atoms with E-state index in [0.29, 0.717) is 23.7 Å². The fourth-order valence-electron chi connectivity index (χ4n) is 6.15. The molecule has 0 unspecified atom stereocenters. The highest BCUT2D eigenvalue weighted by atomic mass is 16.5. The lowest BCUT2D eigenvalue weighted by atomic mass is 9.76. The summed E-state index contributed by atoms with van der Waals surface area (Å²) in [6, 6.07) is 0.